The first-order chi connectivity index (χ1) is 23.5. The third kappa shape index (κ3) is 5.70. The molecule has 15 heteroatoms. The molecule has 0 aliphatic carbocycles. The van der Waals surface area contributed by atoms with Gasteiger partial charge in [-0.15, -0.1) is 21.5 Å². The minimum atomic E-state index is -1.06. The van der Waals surface area contributed by atoms with Gasteiger partial charge in [-0.3, -0.25) is 43.7 Å². The van der Waals surface area contributed by atoms with E-state index >= 15 is 0 Å². The number of halogens is 1. The number of aryl methyl sites for hydroxylation is 2. The molecule has 1 unspecified atom stereocenters. The predicted octanol–water partition coefficient (Wildman–Crippen LogP) is 3.82. The fourth-order valence-corrected chi connectivity index (χ4v) is 7.78. The SMILES string of the molecule is Cc1sc2c(c1C)C(c1ccc(Cl)cc1)=N[C@@H](CC(=O)NCCNc1cccc3c1C(=O)N(C1CCC(=O)NC1=O)C3=O)c1nnc(C)n1-2. The van der Waals surface area contributed by atoms with E-state index in [9.17, 15) is 24.0 Å². The topological polar surface area (TPSA) is 168 Å². The molecule has 7 rings (SSSR count). The quantitative estimate of drug-likeness (QED) is 0.184. The number of nitrogens with one attached hydrogen (secondary N) is 3. The second-order valence-corrected chi connectivity index (χ2v) is 13.7. The zero-order valence-electron chi connectivity index (χ0n) is 26.8. The second kappa shape index (κ2) is 12.7. The van der Waals surface area contributed by atoms with E-state index in [0.717, 1.165) is 37.2 Å². The van der Waals surface area contributed by atoms with E-state index in [1.807, 2.05) is 35.8 Å². The molecule has 2 aromatic heterocycles. The average Bonchev–Trinajstić information content (AvgIpc) is 3.65. The van der Waals surface area contributed by atoms with Crippen LogP contribution in [-0.2, 0) is 14.4 Å². The van der Waals surface area contributed by atoms with Crippen molar-refractivity contribution < 1.29 is 24.0 Å². The Kier molecular flexibility index (Phi) is 8.36. The Morgan fingerprint density at radius 1 is 1.00 bits per heavy atom. The van der Waals surface area contributed by atoms with E-state index in [2.05, 4.69) is 40.0 Å². The van der Waals surface area contributed by atoms with E-state index in [1.165, 1.54) is 6.07 Å². The molecule has 3 N–H and O–H groups in total. The number of hydrogen-bond acceptors (Lipinski definition) is 10. The molecule has 2 atom stereocenters. The molecule has 13 nitrogen and oxygen atoms in total. The fraction of sp³-hybridized carbons (Fsp3) is 0.294. The highest BCUT2D eigenvalue weighted by molar-refractivity contribution is 7.15. The molecule has 250 valence electrons. The Morgan fingerprint density at radius 3 is 2.53 bits per heavy atom. The first kappa shape index (κ1) is 32.3. The van der Waals surface area contributed by atoms with Gasteiger partial charge in [0.1, 0.15) is 22.9 Å². The summed E-state index contributed by atoms with van der Waals surface area (Å²) in [5, 5.41) is 18.6. The molecule has 0 spiro atoms. The number of thiophene rings is 1. The van der Waals surface area contributed by atoms with E-state index in [1.54, 1.807) is 23.5 Å². The van der Waals surface area contributed by atoms with Crippen LogP contribution in [0.5, 0.6) is 0 Å². The molecule has 0 radical (unpaired) electrons. The van der Waals surface area contributed by atoms with Crippen molar-refractivity contribution in [2.75, 3.05) is 18.4 Å². The minimum Gasteiger partial charge on any atom is -0.383 e. The van der Waals surface area contributed by atoms with Gasteiger partial charge in [-0.05, 0) is 57.0 Å². The number of aliphatic imine (C=N–C) groups is 1. The number of carbonyl (C=O) groups is 5. The Morgan fingerprint density at radius 2 is 1.78 bits per heavy atom. The van der Waals surface area contributed by atoms with E-state index in [0.29, 0.717) is 22.4 Å². The van der Waals surface area contributed by atoms with E-state index < -0.39 is 35.7 Å². The number of hydrogen-bond donors (Lipinski definition) is 3. The lowest BCUT2D eigenvalue weighted by atomic mass is 9.99. The smallest absolute Gasteiger partial charge is 0.264 e. The molecule has 4 aromatic rings. The lowest BCUT2D eigenvalue weighted by Crippen LogP contribution is -2.54. The van der Waals surface area contributed by atoms with Crippen molar-refractivity contribution in [1.29, 1.82) is 0 Å². The standard InChI is InChI=1S/C34H31ClN8O5S/c1-16-17(2)49-34-27(16)29(19-7-9-20(35)10-8-19)38-23(30-41-40-18(3)42(30)34)15-26(45)37-14-13-36-22-6-4-5-21-28(22)33(48)43(32(21)47)24-11-12-25(44)39-31(24)46/h4-10,23-24,36H,11-15H2,1-3H3,(H,37,45)(H,39,44,46)/t23-,24?/m0/s1. The van der Waals surface area contributed by atoms with Crippen LogP contribution in [0.2, 0.25) is 5.02 Å². The number of piperidine rings is 1. The molecule has 0 bridgehead atoms. The van der Waals surface area contributed by atoms with E-state index in [-0.39, 0.29) is 49.4 Å². The highest BCUT2D eigenvalue weighted by Gasteiger charge is 2.45. The number of fused-ring (bicyclic) bond motifs is 4. The summed E-state index contributed by atoms with van der Waals surface area (Å²) in [5.41, 5.74) is 4.42. The Hall–Kier alpha value is -5.21. The number of rotatable bonds is 8. The van der Waals surface area contributed by atoms with Crippen LogP contribution in [0.1, 0.15) is 79.2 Å². The van der Waals surface area contributed by atoms with Gasteiger partial charge in [-0.2, -0.15) is 0 Å². The maximum atomic E-state index is 13.4. The minimum absolute atomic E-state index is 0.0107. The number of imide groups is 2. The number of nitrogens with zero attached hydrogens (tertiary/aromatic N) is 5. The molecule has 5 amide bonds. The molecule has 1 fully saturated rings. The normalized spacial score (nSPS) is 18.4. The Labute approximate surface area is 289 Å². The number of carbonyl (C=O) groups excluding carboxylic acids is 5. The summed E-state index contributed by atoms with van der Waals surface area (Å²) in [4.78, 5) is 71.2. The number of anilines is 1. The molecular formula is C34H31ClN8O5S. The summed E-state index contributed by atoms with van der Waals surface area (Å²) in [7, 11) is 0. The molecule has 1 saturated heterocycles. The van der Waals surface area contributed by atoms with Gasteiger partial charge < -0.3 is 10.6 Å². The first-order valence-electron chi connectivity index (χ1n) is 15.7. The van der Waals surface area contributed by atoms with Gasteiger partial charge in [0, 0.05) is 46.2 Å². The van der Waals surface area contributed by atoms with Crippen molar-refractivity contribution in [2.45, 2.75) is 52.1 Å². The maximum absolute atomic E-state index is 13.4. The number of amides is 5. The third-order valence-electron chi connectivity index (χ3n) is 8.97. The third-order valence-corrected chi connectivity index (χ3v) is 10.4. The van der Waals surface area contributed by atoms with Gasteiger partial charge in [0.15, 0.2) is 5.82 Å². The zero-order valence-corrected chi connectivity index (χ0v) is 28.4. The van der Waals surface area contributed by atoms with Crippen molar-refractivity contribution in [1.82, 2.24) is 30.3 Å². The first-order valence-corrected chi connectivity index (χ1v) is 16.9. The van der Waals surface area contributed by atoms with Crippen LogP contribution >= 0.6 is 22.9 Å². The molecule has 2 aromatic carbocycles. The van der Waals surface area contributed by atoms with Gasteiger partial charge in [-0.1, -0.05) is 29.8 Å². The summed E-state index contributed by atoms with van der Waals surface area (Å²) in [5.74, 6) is -1.30. The van der Waals surface area contributed by atoms with Crippen molar-refractivity contribution in [3.63, 3.8) is 0 Å². The van der Waals surface area contributed by atoms with Crippen molar-refractivity contribution in [3.8, 4) is 5.00 Å². The Balaban J connectivity index is 1.06. The van der Waals surface area contributed by atoms with Crippen molar-refractivity contribution >= 4 is 63.9 Å². The van der Waals surface area contributed by atoms with E-state index in [4.69, 9.17) is 16.6 Å². The predicted molar refractivity (Wildman–Crippen MR) is 183 cm³/mol. The summed E-state index contributed by atoms with van der Waals surface area (Å²) in [6.45, 7) is 6.46. The second-order valence-electron chi connectivity index (χ2n) is 12.1. The van der Waals surface area contributed by atoms with Crippen LogP contribution < -0.4 is 16.0 Å². The molecular weight excluding hydrogens is 668 g/mol. The van der Waals surface area contributed by atoms with Crippen LogP contribution in [0.25, 0.3) is 5.00 Å². The van der Waals surface area contributed by atoms with Crippen molar-refractivity contribution in [2.24, 2.45) is 4.99 Å². The molecule has 49 heavy (non-hydrogen) atoms. The van der Waals surface area contributed by atoms with Gasteiger partial charge in [0.05, 0.1) is 23.3 Å². The lowest BCUT2D eigenvalue weighted by Gasteiger charge is -2.27. The monoisotopic (exact) mass is 698 g/mol. The van der Waals surface area contributed by atoms with Crippen LogP contribution in [0.15, 0.2) is 47.5 Å². The Bertz CT molecular complexity index is 2100. The molecule has 5 heterocycles. The average molecular weight is 699 g/mol. The van der Waals surface area contributed by atoms with Crippen molar-refractivity contribution in [3.05, 3.63) is 91.8 Å². The largest absolute Gasteiger partial charge is 0.383 e. The van der Waals surface area contributed by atoms with Gasteiger partial charge in [-0.25, -0.2) is 0 Å². The molecule has 0 saturated carbocycles. The summed E-state index contributed by atoms with van der Waals surface area (Å²) in [6.07, 6.45) is 0.118. The van der Waals surface area contributed by atoms with Crippen LogP contribution in [0.4, 0.5) is 5.69 Å². The maximum Gasteiger partial charge on any atom is 0.264 e. The zero-order chi connectivity index (χ0) is 34.6. The molecule has 3 aliphatic heterocycles. The number of aromatic nitrogens is 3. The van der Waals surface area contributed by atoms with Gasteiger partial charge >= 0.3 is 0 Å². The molecule has 3 aliphatic rings. The van der Waals surface area contributed by atoms with Crippen LogP contribution in [0.3, 0.4) is 0 Å². The highest BCUT2D eigenvalue weighted by atomic mass is 35.5. The highest BCUT2D eigenvalue weighted by Crippen LogP contribution is 2.39. The lowest BCUT2D eigenvalue weighted by molar-refractivity contribution is -0.136. The van der Waals surface area contributed by atoms with Gasteiger partial charge in [0.2, 0.25) is 17.7 Å². The summed E-state index contributed by atoms with van der Waals surface area (Å²) < 4.78 is 1.98. The van der Waals surface area contributed by atoms with Gasteiger partial charge in [0.25, 0.3) is 11.8 Å². The van der Waals surface area contributed by atoms with Crippen LogP contribution in [-0.4, -0.2) is 74.0 Å². The fourth-order valence-electron chi connectivity index (χ4n) is 6.44. The summed E-state index contributed by atoms with van der Waals surface area (Å²) in [6, 6.07) is 10.6. The number of benzene rings is 2. The summed E-state index contributed by atoms with van der Waals surface area (Å²) >= 11 is 7.84. The van der Waals surface area contributed by atoms with Crippen LogP contribution in [0, 0.1) is 20.8 Å².